The summed E-state index contributed by atoms with van der Waals surface area (Å²) in [7, 11) is 0. The van der Waals surface area contributed by atoms with Crippen LogP contribution < -0.4 is 5.32 Å². The van der Waals surface area contributed by atoms with Crippen molar-refractivity contribution in [3.8, 4) is 0 Å². The van der Waals surface area contributed by atoms with Crippen LogP contribution in [0.4, 0.5) is 4.79 Å². The van der Waals surface area contributed by atoms with Gasteiger partial charge in [0.1, 0.15) is 0 Å². The lowest BCUT2D eigenvalue weighted by molar-refractivity contribution is 0.110. The Morgan fingerprint density at radius 1 is 1.33 bits per heavy atom. The van der Waals surface area contributed by atoms with E-state index in [1.165, 1.54) is 32.1 Å². The van der Waals surface area contributed by atoms with Crippen LogP contribution in [0.5, 0.6) is 0 Å². The summed E-state index contributed by atoms with van der Waals surface area (Å²) in [5, 5.41) is 2.82. The van der Waals surface area contributed by atoms with Crippen LogP contribution >= 0.6 is 0 Å². The van der Waals surface area contributed by atoms with Gasteiger partial charge in [0.25, 0.3) is 0 Å². The van der Waals surface area contributed by atoms with E-state index in [9.17, 15) is 4.79 Å². The number of hydrogen-bond donors (Lipinski definition) is 1. The highest BCUT2D eigenvalue weighted by atomic mass is 16.5. The summed E-state index contributed by atoms with van der Waals surface area (Å²) in [4.78, 5) is 13.6. The third-order valence-electron chi connectivity index (χ3n) is 3.53. The predicted molar refractivity (Wildman–Crippen MR) is 57.5 cm³/mol. The van der Waals surface area contributed by atoms with Gasteiger partial charge in [0.2, 0.25) is 0 Å². The Labute approximate surface area is 91.0 Å². The van der Waals surface area contributed by atoms with Gasteiger partial charge in [-0.3, -0.25) is 4.90 Å². The van der Waals surface area contributed by atoms with Crippen LogP contribution in [0, 0.1) is 0 Å². The molecule has 2 aliphatic heterocycles. The van der Waals surface area contributed by atoms with Gasteiger partial charge in [-0.15, -0.1) is 0 Å². The standard InChI is InChI=1S/C11H20N2O2/c1-2-15-11(14)12-8-13-9-4-3-5-10(13)7-6-9/h9-10H,2-8H2,1H3,(H,12,14)/t9-,10+. The molecule has 0 saturated carbocycles. The van der Waals surface area contributed by atoms with Crippen LogP contribution in [-0.2, 0) is 4.74 Å². The minimum Gasteiger partial charge on any atom is -0.450 e. The third kappa shape index (κ3) is 2.43. The van der Waals surface area contributed by atoms with Gasteiger partial charge in [-0.05, 0) is 32.6 Å². The Hall–Kier alpha value is -0.770. The summed E-state index contributed by atoms with van der Waals surface area (Å²) in [5.74, 6) is 0. The van der Waals surface area contributed by atoms with Gasteiger partial charge in [-0.25, -0.2) is 4.79 Å². The van der Waals surface area contributed by atoms with E-state index in [0.29, 0.717) is 25.4 Å². The van der Waals surface area contributed by atoms with Crippen LogP contribution in [0.2, 0.25) is 0 Å². The zero-order valence-electron chi connectivity index (χ0n) is 9.37. The Kier molecular flexibility index (Phi) is 3.46. The van der Waals surface area contributed by atoms with E-state index >= 15 is 0 Å². The molecule has 15 heavy (non-hydrogen) atoms. The lowest BCUT2D eigenvalue weighted by atomic mass is 10.0. The molecule has 1 amide bonds. The maximum Gasteiger partial charge on any atom is 0.408 e. The molecule has 0 aromatic carbocycles. The molecule has 0 aliphatic carbocycles. The van der Waals surface area contributed by atoms with Crippen molar-refractivity contribution < 1.29 is 9.53 Å². The molecule has 86 valence electrons. The van der Waals surface area contributed by atoms with E-state index in [2.05, 4.69) is 10.2 Å². The molecule has 2 aliphatic rings. The average Bonchev–Trinajstić information content (AvgIpc) is 2.47. The first kappa shape index (κ1) is 10.7. The summed E-state index contributed by atoms with van der Waals surface area (Å²) in [5.41, 5.74) is 0. The number of piperidine rings is 1. The summed E-state index contributed by atoms with van der Waals surface area (Å²) < 4.78 is 4.85. The Bertz CT molecular complexity index is 217. The molecule has 0 spiro atoms. The Balaban J connectivity index is 1.77. The number of amides is 1. The van der Waals surface area contributed by atoms with Crippen molar-refractivity contribution >= 4 is 6.09 Å². The molecule has 2 fully saturated rings. The first-order valence-corrected chi connectivity index (χ1v) is 5.97. The average molecular weight is 212 g/mol. The normalized spacial score (nSPS) is 30.2. The summed E-state index contributed by atoms with van der Waals surface area (Å²) in [6.45, 7) is 2.93. The van der Waals surface area contributed by atoms with Crippen molar-refractivity contribution in [2.24, 2.45) is 0 Å². The molecule has 2 saturated heterocycles. The second-order valence-corrected chi connectivity index (χ2v) is 4.39. The Morgan fingerprint density at radius 3 is 2.60 bits per heavy atom. The van der Waals surface area contributed by atoms with E-state index < -0.39 is 0 Å². The van der Waals surface area contributed by atoms with Crippen LogP contribution in [0.3, 0.4) is 0 Å². The highest BCUT2D eigenvalue weighted by Crippen LogP contribution is 2.34. The van der Waals surface area contributed by atoms with E-state index in [1.807, 2.05) is 6.92 Å². The summed E-state index contributed by atoms with van der Waals surface area (Å²) in [6, 6.07) is 1.40. The lowest BCUT2D eigenvalue weighted by Crippen LogP contribution is -2.46. The van der Waals surface area contributed by atoms with Crippen molar-refractivity contribution in [1.29, 1.82) is 0 Å². The Morgan fingerprint density at radius 2 is 2.00 bits per heavy atom. The zero-order chi connectivity index (χ0) is 10.7. The number of alkyl carbamates (subject to hydrolysis) is 1. The predicted octanol–water partition coefficient (Wildman–Crippen LogP) is 1.71. The zero-order valence-corrected chi connectivity index (χ0v) is 9.37. The van der Waals surface area contributed by atoms with E-state index in [1.54, 1.807) is 0 Å². The number of nitrogens with zero attached hydrogens (tertiary/aromatic N) is 1. The molecule has 4 heteroatoms. The smallest absolute Gasteiger partial charge is 0.408 e. The minimum atomic E-state index is -0.289. The van der Waals surface area contributed by atoms with E-state index in [0.717, 1.165) is 0 Å². The van der Waals surface area contributed by atoms with Crippen molar-refractivity contribution in [3.05, 3.63) is 0 Å². The van der Waals surface area contributed by atoms with Crippen molar-refractivity contribution in [2.45, 2.75) is 51.1 Å². The molecule has 1 N–H and O–H groups in total. The second kappa shape index (κ2) is 4.84. The first-order valence-electron chi connectivity index (χ1n) is 5.97. The number of rotatable bonds is 3. The van der Waals surface area contributed by atoms with Gasteiger partial charge in [0.15, 0.2) is 0 Å². The second-order valence-electron chi connectivity index (χ2n) is 4.39. The molecule has 0 aromatic rings. The number of ether oxygens (including phenoxy) is 1. The molecule has 2 rings (SSSR count). The van der Waals surface area contributed by atoms with Crippen LogP contribution in [-0.4, -0.2) is 36.4 Å². The van der Waals surface area contributed by atoms with Gasteiger partial charge < -0.3 is 10.1 Å². The maximum absolute atomic E-state index is 11.2. The van der Waals surface area contributed by atoms with Crippen molar-refractivity contribution in [2.75, 3.05) is 13.3 Å². The topological polar surface area (TPSA) is 41.6 Å². The molecule has 0 aromatic heterocycles. The molecule has 2 heterocycles. The molecule has 2 atom stereocenters. The molecule has 4 nitrogen and oxygen atoms in total. The van der Waals surface area contributed by atoms with Crippen molar-refractivity contribution in [1.82, 2.24) is 10.2 Å². The highest BCUT2D eigenvalue weighted by molar-refractivity contribution is 5.66. The van der Waals surface area contributed by atoms with Crippen molar-refractivity contribution in [3.63, 3.8) is 0 Å². The van der Waals surface area contributed by atoms with E-state index in [4.69, 9.17) is 4.74 Å². The quantitative estimate of drug-likeness (QED) is 0.774. The van der Waals surface area contributed by atoms with Crippen LogP contribution in [0.1, 0.15) is 39.0 Å². The summed E-state index contributed by atoms with van der Waals surface area (Å²) in [6.07, 6.45) is 6.25. The largest absolute Gasteiger partial charge is 0.450 e. The summed E-state index contributed by atoms with van der Waals surface area (Å²) >= 11 is 0. The van der Waals surface area contributed by atoms with Gasteiger partial charge in [0, 0.05) is 12.1 Å². The highest BCUT2D eigenvalue weighted by Gasteiger charge is 2.36. The van der Waals surface area contributed by atoms with Gasteiger partial charge in [-0.2, -0.15) is 0 Å². The fraction of sp³-hybridized carbons (Fsp3) is 0.909. The number of carbonyl (C=O) groups excluding carboxylic acids is 1. The number of fused-ring (bicyclic) bond motifs is 2. The van der Waals surface area contributed by atoms with Gasteiger partial charge in [-0.1, -0.05) is 6.42 Å². The molecule has 0 unspecified atom stereocenters. The minimum absolute atomic E-state index is 0.289. The monoisotopic (exact) mass is 212 g/mol. The lowest BCUT2D eigenvalue weighted by Gasteiger charge is -2.34. The first-order chi connectivity index (χ1) is 7.31. The van der Waals surface area contributed by atoms with Gasteiger partial charge in [0.05, 0.1) is 13.3 Å². The van der Waals surface area contributed by atoms with E-state index in [-0.39, 0.29) is 6.09 Å². The SMILES string of the molecule is CCOC(=O)NCN1[C@@H]2CCC[C@H]1CC2. The fourth-order valence-corrected chi connectivity index (χ4v) is 2.82. The maximum atomic E-state index is 11.2. The number of nitrogens with one attached hydrogen (secondary N) is 1. The fourth-order valence-electron chi connectivity index (χ4n) is 2.82. The molecule has 2 bridgehead atoms. The van der Waals surface area contributed by atoms with Crippen LogP contribution in [0.15, 0.2) is 0 Å². The van der Waals surface area contributed by atoms with Gasteiger partial charge >= 0.3 is 6.09 Å². The third-order valence-corrected chi connectivity index (χ3v) is 3.53. The molecular formula is C11H20N2O2. The molecular weight excluding hydrogens is 192 g/mol. The molecule has 0 radical (unpaired) electrons. The van der Waals surface area contributed by atoms with Crippen LogP contribution in [0.25, 0.3) is 0 Å². The number of hydrogen-bond acceptors (Lipinski definition) is 3. The number of carbonyl (C=O) groups is 1.